The molecule has 0 radical (unpaired) electrons. The predicted octanol–water partition coefficient (Wildman–Crippen LogP) is 3.60. The molecule has 2 fully saturated rings. The highest BCUT2D eigenvalue weighted by Crippen LogP contribution is 2.29. The smallest absolute Gasteiger partial charge is 0.245 e. The molecule has 0 spiro atoms. The normalized spacial score (nSPS) is 18.2. The van der Waals surface area contributed by atoms with Crippen LogP contribution in [0.3, 0.4) is 0 Å². The maximum atomic E-state index is 13.4. The second kappa shape index (κ2) is 9.59. The lowest BCUT2D eigenvalue weighted by atomic mass is 9.96. The van der Waals surface area contributed by atoms with E-state index in [9.17, 15) is 13.2 Å². The lowest BCUT2D eigenvalue weighted by Crippen LogP contribution is -2.52. The van der Waals surface area contributed by atoms with Gasteiger partial charge in [-0.15, -0.1) is 0 Å². The number of piperazine rings is 1. The van der Waals surface area contributed by atoms with Gasteiger partial charge in [0, 0.05) is 62.5 Å². The van der Waals surface area contributed by atoms with Gasteiger partial charge in [-0.05, 0) is 56.0 Å². The molecule has 2 aliphatic rings. The fraction of sp³-hybridized carbons (Fsp3) is 0.407. The fourth-order valence-corrected chi connectivity index (χ4v) is 6.91. The average Bonchev–Trinajstić information content (AvgIpc) is 2.89. The lowest BCUT2D eigenvalue weighted by Gasteiger charge is -2.39. The molecule has 0 saturated carbocycles. The highest BCUT2D eigenvalue weighted by Gasteiger charge is 2.35. The predicted molar refractivity (Wildman–Crippen MR) is 138 cm³/mol. The van der Waals surface area contributed by atoms with E-state index in [1.165, 1.54) is 21.1 Å². The van der Waals surface area contributed by atoms with Crippen molar-refractivity contribution in [2.75, 3.05) is 44.2 Å². The Morgan fingerprint density at radius 2 is 1.57 bits per heavy atom. The van der Waals surface area contributed by atoms with Crippen LogP contribution in [0.2, 0.25) is 0 Å². The number of pyridine rings is 1. The van der Waals surface area contributed by atoms with Crippen molar-refractivity contribution < 1.29 is 13.2 Å². The SMILES string of the molecule is Cc1cccc(N2CCN(C(=O)C3CCN(S(=O)(=O)c4cccc5cccnc45)CC3)CC2)c1C. The first-order chi connectivity index (χ1) is 16.9. The number of rotatable bonds is 4. The third-order valence-electron chi connectivity index (χ3n) is 7.52. The Kier molecular flexibility index (Phi) is 6.51. The zero-order valence-corrected chi connectivity index (χ0v) is 21.2. The van der Waals surface area contributed by atoms with E-state index in [4.69, 9.17) is 0 Å². The summed E-state index contributed by atoms with van der Waals surface area (Å²) in [6.07, 6.45) is 2.72. The number of para-hydroxylation sites is 1. The number of nitrogens with zero attached hydrogens (tertiary/aromatic N) is 4. The molecule has 0 aliphatic carbocycles. The minimum Gasteiger partial charge on any atom is -0.368 e. The molecule has 0 N–H and O–H groups in total. The van der Waals surface area contributed by atoms with Crippen molar-refractivity contribution in [2.45, 2.75) is 31.6 Å². The van der Waals surface area contributed by atoms with Crippen molar-refractivity contribution in [3.8, 4) is 0 Å². The maximum Gasteiger partial charge on any atom is 0.245 e. The largest absolute Gasteiger partial charge is 0.368 e. The van der Waals surface area contributed by atoms with Crippen LogP contribution in [0.15, 0.2) is 59.6 Å². The number of piperidine rings is 1. The second-order valence-corrected chi connectivity index (χ2v) is 11.4. The van der Waals surface area contributed by atoms with Crippen molar-refractivity contribution >= 4 is 32.5 Å². The summed E-state index contributed by atoms with van der Waals surface area (Å²) < 4.78 is 28.3. The zero-order valence-electron chi connectivity index (χ0n) is 20.4. The first-order valence-electron chi connectivity index (χ1n) is 12.3. The summed E-state index contributed by atoms with van der Waals surface area (Å²) in [5, 5.41) is 0.804. The van der Waals surface area contributed by atoms with Gasteiger partial charge in [-0.25, -0.2) is 8.42 Å². The van der Waals surface area contributed by atoms with E-state index in [1.807, 2.05) is 17.0 Å². The number of anilines is 1. The van der Waals surface area contributed by atoms with Crippen LogP contribution in [-0.4, -0.2) is 67.8 Å². The van der Waals surface area contributed by atoms with Crippen LogP contribution in [-0.2, 0) is 14.8 Å². The number of fused-ring (bicyclic) bond motifs is 1. The first kappa shape index (κ1) is 23.8. The Labute approximate surface area is 207 Å². The van der Waals surface area contributed by atoms with Crippen molar-refractivity contribution in [2.24, 2.45) is 5.92 Å². The minimum absolute atomic E-state index is 0.126. The number of carbonyl (C=O) groups is 1. The van der Waals surface area contributed by atoms with Gasteiger partial charge < -0.3 is 9.80 Å². The van der Waals surface area contributed by atoms with Crippen LogP contribution in [0, 0.1) is 19.8 Å². The van der Waals surface area contributed by atoms with Crippen LogP contribution in [0.25, 0.3) is 10.9 Å². The number of carbonyl (C=O) groups excluding carboxylic acids is 1. The summed E-state index contributed by atoms with van der Waals surface area (Å²) >= 11 is 0. The second-order valence-electron chi connectivity index (χ2n) is 9.54. The molecular formula is C27H32N4O3S. The van der Waals surface area contributed by atoms with E-state index in [1.54, 1.807) is 24.4 Å². The highest BCUT2D eigenvalue weighted by molar-refractivity contribution is 7.89. The summed E-state index contributed by atoms with van der Waals surface area (Å²) in [5.74, 6) is 0.0360. The minimum atomic E-state index is -3.67. The molecule has 0 unspecified atom stereocenters. The average molecular weight is 493 g/mol. The van der Waals surface area contributed by atoms with E-state index in [0.717, 1.165) is 18.5 Å². The molecule has 0 bridgehead atoms. The Balaban J connectivity index is 1.21. The first-order valence-corrected chi connectivity index (χ1v) is 13.7. The molecule has 8 heteroatoms. The molecular weight excluding hydrogens is 460 g/mol. The Hall–Kier alpha value is -2.97. The van der Waals surface area contributed by atoms with Crippen LogP contribution < -0.4 is 4.90 Å². The van der Waals surface area contributed by atoms with Crippen molar-refractivity contribution in [1.29, 1.82) is 0 Å². The number of aryl methyl sites for hydroxylation is 1. The standard InChI is InChI=1S/C27H32N4O3S/c1-20-6-3-9-24(21(20)2)29-16-18-30(19-17-29)27(32)23-11-14-31(15-12-23)35(33,34)25-10-4-7-22-8-5-13-28-26(22)25/h3-10,13,23H,11-12,14-19H2,1-2H3. The van der Waals surface area contributed by atoms with Crippen LogP contribution in [0.1, 0.15) is 24.0 Å². The molecule has 2 aliphatic heterocycles. The number of benzene rings is 2. The Morgan fingerprint density at radius 1 is 0.886 bits per heavy atom. The van der Waals surface area contributed by atoms with Gasteiger partial charge in [0.2, 0.25) is 15.9 Å². The van der Waals surface area contributed by atoms with Gasteiger partial charge in [0.15, 0.2) is 0 Å². The molecule has 2 aromatic carbocycles. The van der Waals surface area contributed by atoms with Crippen molar-refractivity contribution in [3.05, 3.63) is 65.9 Å². The van der Waals surface area contributed by atoms with E-state index in [0.29, 0.717) is 44.5 Å². The number of sulfonamides is 1. The van der Waals surface area contributed by atoms with Crippen molar-refractivity contribution in [3.63, 3.8) is 0 Å². The molecule has 7 nitrogen and oxygen atoms in total. The summed E-state index contributed by atoms with van der Waals surface area (Å²) in [5.41, 5.74) is 4.32. The fourth-order valence-electron chi connectivity index (χ4n) is 5.27. The molecule has 0 atom stereocenters. The molecule has 1 amide bonds. The zero-order chi connectivity index (χ0) is 24.6. The maximum absolute atomic E-state index is 13.4. The number of hydrogen-bond donors (Lipinski definition) is 0. The Bertz CT molecular complexity index is 1340. The van der Waals surface area contributed by atoms with E-state index >= 15 is 0 Å². The third kappa shape index (κ3) is 4.52. The number of amides is 1. The van der Waals surface area contributed by atoms with Crippen LogP contribution >= 0.6 is 0 Å². The summed E-state index contributed by atoms with van der Waals surface area (Å²) in [7, 11) is -3.67. The van der Waals surface area contributed by atoms with Gasteiger partial charge in [-0.2, -0.15) is 4.31 Å². The molecule has 184 valence electrons. The highest BCUT2D eigenvalue weighted by atomic mass is 32.2. The van der Waals surface area contributed by atoms with Crippen molar-refractivity contribution in [1.82, 2.24) is 14.2 Å². The summed E-state index contributed by atoms with van der Waals surface area (Å²) in [4.78, 5) is 22.1. The molecule has 35 heavy (non-hydrogen) atoms. The third-order valence-corrected chi connectivity index (χ3v) is 9.45. The van der Waals surface area contributed by atoms with Gasteiger partial charge >= 0.3 is 0 Å². The molecule has 1 aromatic heterocycles. The Morgan fingerprint density at radius 3 is 2.31 bits per heavy atom. The lowest BCUT2D eigenvalue weighted by molar-refractivity contribution is -0.137. The van der Waals surface area contributed by atoms with Gasteiger partial charge in [0.05, 0.1) is 5.52 Å². The molecule has 3 heterocycles. The van der Waals surface area contributed by atoms with E-state index < -0.39 is 10.0 Å². The van der Waals surface area contributed by atoms with Gasteiger partial charge in [-0.1, -0.05) is 30.3 Å². The van der Waals surface area contributed by atoms with E-state index in [-0.39, 0.29) is 16.7 Å². The molecule has 5 rings (SSSR count). The van der Waals surface area contributed by atoms with Crippen LogP contribution in [0.4, 0.5) is 5.69 Å². The monoisotopic (exact) mass is 492 g/mol. The summed E-state index contributed by atoms with van der Waals surface area (Å²) in [6, 6.07) is 15.3. The van der Waals surface area contributed by atoms with Gasteiger partial charge in [0.25, 0.3) is 0 Å². The van der Waals surface area contributed by atoms with Crippen LogP contribution in [0.5, 0.6) is 0 Å². The molecule has 3 aromatic rings. The van der Waals surface area contributed by atoms with Gasteiger partial charge in [0.1, 0.15) is 4.90 Å². The number of hydrogen-bond acceptors (Lipinski definition) is 5. The van der Waals surface area contributed by atoms with Gasteiger partial charge in [-0.3, -0.25) is 9.78 Å². The quantitative estimate of drug-likeness (QED) is 0.556. The molecule has 2 saturated heterocycles. The topological polar surface area (TPSA) is 73.8 Å². The van der Waals surface area contributed by atoms with E-state index in [2.05, 4.69) is 41.9 Å². The summed E-state index contributed by atoms with van der Waals surface area (Å²) in [6.45, 7) is 8.02. The number of aromatic nitrogens is 1.